The number of benzene rings is 1. The first-order valence-electron chi connectivity index (χ1n) is 5.72. The van der Waals surface area contributed by atoms with E-state index >= 15 is 0 Å². The monoisotopic (exact) mass is 310 g/mol. The lowest BCUT2D eigenvalue weighted by Gasteiger charge is -2.07. The van der Waals surface area contributed by atoms with E-state index in [2.05, 4.69) is 20.9 Å². The van der Waals surface area contributed by atoms with Gasteiger partial charge in [0.1, 0.15) is 18.2 Å². The molecular weight excluding hydrogens is 296 g/mol. The fourth-order valence-electron chi connectivity index (χ4n) is 1.58. The normalized spacial score (nSPS) is 10.7. The summed E-state index contributed by atoms with van der Waals surface area (Å²) in [6.45, 7) is 1.83. The summed E-state index contributed by atoms with van der Waals surface area (Å²) in [4.78, 5) is 4.23. The van der Waals surface area contributed by atoms with E-state index in [0.29, 0.717) is 25.6 Å². The minimum absolute atomic E-state index is 0.527. The first-order valence-corrected chi connectivity index (χ1v) is 6.84. The Morgan fingerprint density at radius 2 is 2.00 bits per heavy atom. The summed E-state index contributed by atoms with van der Waals surface area (Å²) < 4.78 is 10.9. The third-order valence-corrected chi connectivity index (χ3v) is 2.72. The number of fused-ring (bicyclic) bond motifs is 1. The molecule has 0 radical (unpaired) electrons. The van der Waals surface area contributed by atoms with Crippen LogP contribution in [-0.2, 0) is 4.74 Å². The van der Waals surface area contributed by atoms with Crippen LogP contribution in [0.25, 0.3) is 10.9 Å². The highest BCUT2D eigenvalue weighted by atomic mass is 79.9. The zero-order valence-electron chi connectivity index (χ0n) is 9.93. The quantitative estimate of drug-likeness (QED) is 0.658. The van der Waals surface area contributed by atoms with Crippen LogP contribution in [-0.4, -0.2) is 30.1 Å². The maximum absolute atomic E-state index is 5.63. The molecule has 0 aliphatic heterocycles. The van der Waals surface area contributed by atoms with Crippen LogP contribution >= 0.6 is 15.9 Å². The second kappa shape index (κ2) is 6.56. The van der Waals surface area contributed by atoms with Crippen molar-refractivity contribution in [1.82, 2.24) is 4.98 Å². The zero-order valence-corrected chi connectivity index (χ0v) is 11.5. The number of halogens is 1. The fourth-order valence-corrected chi connectivity index (χ4v) is 1.81. The van der Waals surface area contributed by atoms with Crippen LogP contribution in [0, 0.1) is 0 Å². The topological polar surface area (TPSA) is 57.4 Å². The molecule has 0 aliphatic rings. The highest BCUT2D eigenvalue weighted by Crippen LogP contribution is 2.20. The molecule has 96 valence electrons. The van der Waals surface area contributed by atoms with Gasteiger partial charge in [-0.05, 0) is 30.3 Å². The van der Waals surface area contributed by atoms with Crippen molar-refractivity contribution in [2.24, 2.45) is 0 Å². The number of rotatable bonds is 6. The van der Waals surface area contributed by atoms with Crippen molar-refractivity contribution in [2.75, 3.05) is 30.9 Å². The van der Waals surface area contributed by atoms with Crippen LogP contribution in [0.2, 0.25) is 0 Å². The van der Waals surface area contributed by atoms with E-state index in [1.165, 1.54) is 0 Å². The highest BCUT2D eigenvalue weighted by Gasteiger charge is 1.99. The van der Waals surface area contributed by atoms with Gasteiger partial charge in [-0.15, -0.1) is 0 Å². The lowest BCUT2D eigenvalue weighted by Crippen LogP contribution is -2.07. The van der Waals surface area contributed by atoms with Crippen LogP contribution in [0.1, 0.15) is 0 Å². The van der Waals surface area contributed by atoms with E-state index in [-0.39, 0.29) is 0 Å². The van der Waals surface area contributed by atoms with E-state index in [1.807, 2.05) is 24.3 Å². The standard InChI is InChI=1S/C13H15BrN2O2/c14-5-6-17-7-8-18-11-2-3-12-10(9-11)1-4-13(15)16-12/h1-4,9H,5-8H2,(H2,15,16). The number of nitrogens with zero attached hydrogens (tertiary/aromatic N) is 1. The molecule has 2 N–H and O–H groups in total. The number of aromatic nitrogens is 1. The first-order chi connectivity index (χ1) is 8.79. The van der Waals surface area contributed by atoms with Crippen molar-refractivity contribution >= 4 is 32.7 Å². The Morgan fingerprint density at radius 3 is 2.83 bits per heavy atom. The third kappa shape index (κ3) is 3.58. The molecule has 1 aromatic heterocycles. The number of anilines is 1. The largest absolute Gasteiger partial charge is 0.491 e. The summed E-state index contributed by atoms with van der Waals surface area (Å²) in [6.07, 6.45) is 0. The molecule has 0 saturated heterocycles. The Bertz CT molecular complexity index is 519. The lowest BCUT2D eigenvalue weighted by molar-refractivity contribution is 0.112. The molecule has 5 heteroatoms. The van der Waals surface area contributed by atoms with Gasteiger partial charge in [0.2, 0.25) is 0 Å². The number of nitrogen functional groups attached to an aromatic ring is 1. The average molecular weight is 311 g/mol. The molecule has 0 atom stereocenters. The minimum atomic E-state index is 0.527. The van der Waals surface area contributed by atoms with Gasteiger partial charge >= 0.3 is 0 Å². The van der Waals surface area contributed by atoms with Crippen molar-refractivity contribution in [3.8, 4) is 5.75 Å². The molecule has 0 fully saturated rings. The maximum Gasteiger partial charge on any atom is 0.124 e. The molecule has 0 bridgehead atoms. The van der Waals surface area contributed by atoms with Crippen LogP contribution in [0.15, 0.2) is 30.3 Å². The number of nitrogens with two attached hydrogens (primary N) is 1. The molecule has 1 aromatic carbocycles. The van der Waals surface area contributed by atoms with Crippen molar-refractivity contribution in [1.29, 1.82) is 0 Å². The fraction of sp³-hybridized carbons (Fsp3) is 0.308. The summed E-state index contributed by atoms with van der Waals surface area (Å²) >= 11 is 3.30. The molecule has 18 heavy (non-hydrogen) atoms. The van der Waals surface area contributed by atoms with Crippen molar-refractivity contribution in [3.63, 3.8) is 0 Å². The molecule has 0 unspecified atom stereocenters. The van der Waals surface area contributed by atoms with Crippen LogP contribution in [0.4, 0.5) is 5.82 Å². The van der Waals surface area contributed by atoms with Gasteiger partial charge in [-0.3, -0.25) is 0 Å². The molecule has 4 nitrogen and oxygen atoms in total. The molecule has 0 saturated carbocycles. The van der Waals surface area contributed by atoms with Crippen molar-refractivity contribution in [2.45, 2.75) is 0 Å². The van der Waals surface area contributed by atoms with Gasteiger partial charge in [0.25, 0.3) is 0 Å². The van der Waals surface area contributed by atoms with Gasteiger partial charge in [-0.25, -0.2) is 4.98 Å². The summed E-state index contributed by atoms with van der Waals surface area (Å²) in [5.74, 6) is 1.34. The van der Waals surface area contributed by atoms with Crippen LogP contribution in [0.5, 0.6) is 5.75 Å². The molecular formula is C13H15BrN2O2. The van der Waals surface area contributed by atoms with Crippen molar-refractivity contribution < 1.29 is 9.47 Å². The highest BCUT2D eigenvalue weighted by molar-refractivity contribution is 9.09. The Hall–Kier alpha value is -1.33. The predicted octanol–water partition coefficient (Wildman–Crippen LogP) is 2.61. The average Bonchev–Trinajstić information content (AvgIpc) is 2.38. The number of alkyl halides is 1. The van der Waals surface area contributed by atoms with Gasteiger partial charge in [0.05, 0.1) is 18.7 Å². The van der Waals surface area contributed by atoms with Crippen LogP contribution < -0.4 is 10.5 Å². The van der Waals surface area contributed by atoms with Gasteiger partial charge < -0.3 is 15.2 Å². The Labute approximate surface area is 114 Å². The molecule has 0 aliphatic carbocycles. The number of ether oxygens (including phenoxy) is 2. The van der Waals surface area contributed by atoms with E-state index in [1.54, 1.807) is 6.07 Å². The Balaban J connectivity index is 1.95. The van der Waals surface area contributed by atoms with E-state index in [0.717, 1.165) is 22.0 Å². The predicted molar refractivity (Wildman–Crippen MR) is 76.3 cm³/mol. The summed E-state index contributed by atoms with van der Waals surface area (Å²) in [6, 6.07) is 9.46. The molecule has 1 heterocycles. The Kier molecular flexibility index (Phi) is 4.78. The number of pyridine rings is 1. The van der Waals surface area contributed by atoms with Gasteiger partial charge in [-0.1, -0.05) is 15.9 Å². The van der Waals surface area contributed by atoms with Gasteiger partial charge in [0, 0.05) is 10.7 Å². The SMILES string of the molecule is Nc1ccc2cc(OCCOCCBr)ccc2n1. The second-order valence-corrected chi connectivity index (χ2v) is 4.53. The Morgan fingerprint density at radius 1 is 1.11 bits per heavy atom. The zero-order chi connectivity index (χ0) is 12.8. The van der Waals surface area contributed by atoms with Crippen LogP contribution in [0.3, 0.4) is 0 Å². The smallest absolute Gasteiger partial charge is 0.124 e. The molecule has 2 aromatic rings. The summed E-state index contributed by atoms with van der Waals surface area (Å²) in [7, 11) is 0. The van der Waals surface area contributed by atoms with E-state index < -0.39 is 0 Å². The number of hydrogen-bond acceptors (Lipinski definition) is 4. The molecule has 2 rings (SSSR count). The molecule has 0 spiro atoms. The van der Waals surface area contributed by atoms with Gasteiger partial charge in [-0.2, -0.15) is 0 Å². The minimum Gasteiger partial charge on any atom is -0.491 e. The maximum atomic E-state index is 5.63. The molecule has 0 amide bonds. The number of hydrogen-bond donors (Lipinski definition) is 1. The van der Waals surface area contributed by atoms with E-state index in [9.17, 15) is 0 Å². The lowest BCUT2D eigenvalue weighted by atomic mass is 10.2. The first kappa shape index (κ1) is 13.1. The van der Waals surface area contributed by atoms with Gasteiger partial charge in [0.15, 0.2) is 0 Å². The van der Waals surface area contributed by atoms with Crippen molar-refractivity contribution in [3.05, 3.63) is 30.3 Å². The summed E-state index contributed by atoms with van der Waals surface area (Å²) in [5.41, 5.74) is 6.50. The van der Waals surface area contributed by atoms with E-state index in [4.69, 9.17) is 15.2 Å². The summed E-state index contributed by atoms with van der Waals surface area (Å²) in [5, 5.41) is 1.86. The second-order valence-electron chi connectivity index (χ2n) is 3.74. The third-order valence-electron chi connectivity index (χ3n) is 2.40.